The molecule has 1 aliphatic rings. The van der Waals surface area contributed by atoms with Crippen molar-refractivity contribution in [3.05, 3.63) is 29.7 Å². The van der Waals surface area contributed by atoms with Crippen molar-refractivity contribution in [1.82, 2.24) is 20.3 Å². The fourth-order valence-electron chi connectivity index (χ4n) is 2.57. The maximum Gasteiger partial charge on any atom is 0.151 e. The molecule has 2 aromatic heterocycles. The van der Waals surface area contributed by atoms with Gasteiger partial charge >= 0.3 is 0 Å². The lowest BCUT2D eigenvalue weighted by Crippen LogP contribution is -2.46. The van der Waals surface area contributed by atoms with Crippen molar-refractivity contribution < 1.29 is 4.52 Å². The van der Waals surface area contributed by atoms with E-state index in [4.69, 9.17) is 4.52 Å². The first-order chi connectivity index (χ1) is 10.6. The molecule has 3 heterocycles. The molecule has 1 aliphatic heterocycles. The lowest BCUT2D eigenvalue weighted by molar-refractivity contribution is 0.247. The Morgan fingerprint density at radius 2 is 1.91 bits per heavy atom. The van der Waals surface area contributed by atoms with Crippen molar-refractivity contribution in [2.75, 3.05) is 50.1 Å². The van der Waals surface area contributed by atoms with Crippen LogP contribution in [0.4, 0.5) is 11.6 Å². The number of rotatable bonds is 4. The summed E-state index contributed by atoms with van der Waals surface area (Å²) in [5.74, 6) is 2.74. The molecule has 0 saturated carbocycles. The van der Waals surface area contributed by atoms with Crippen molar-refractivity contribution in [3.63, 3.8) is 0 Å². The number of piperazine rings is 1. The van der Waals surface area contributed by atoms with Gasteiger partial charge in [-0.1, -0.05) is 5.16 Å². The SMILES string of the molecule is Cc1oncc1CN1CCN(c2ccc(N(C)C)nn2)CC1. The summed E-state index contributed by atoms with van der Waals surface area (Å²) in [6.07, 6.45) is 1.81. The molecule has 0 unspecified atom stereocenters. The predicted molar refractivity (Wildman–Crippen MR) is 85.1 cm³/mol. The Morgan fingerprint density at radius 3 is 2.45 bits per heavy atom. The average Bonchev–Trinajstić information content (AvgIpc) is 2.93. The maximum absolute atomic E-state index is 5.12. The van der Waals surface area contributed by atoms with Crippen molar-refractivity contribution in [1.29, 1.82) is 0 Å². The van der Waals surface area contributed by atoms with Gasteiger partial charge in [0.15, 0.2) is 11.6 Å². The summed E-state index contributed by atoms with van der Waals surface area (Å²) in [6, 6.07) is 4.05. The Morgan fingerprint density at radius 1 is 1.14 bits per heavy atom. The van der Waals surface area contributed by atoms with Crippen LogP contribution in [-0.4, -0.2) is 60.5 Å². The van der Waals surface area contributed by atoms with E-state index in [1.54, 1.807) is 0 Å². The normalized spacial score (nSPS) is 16.0. The minimum absolute atomic E-state index is 0.880. The van der Waals surface area contributed by atoms with Crippen LogP contribution < -0.4 is 9.80 Å². The van der Waals surface area contributed by atoms with E-state index < -0.39 is 0 Å². The van der Waals surface area contributed by atoms with Crippen LogP contribution in [0.25, 0.3) is 0 Å². The third-order valence-electron chi connectivity index (χ3n) is 4.04. The lowest BCUT2D eigenvalue weighted by Gasteiger charge is -2.35. The third kappa shape index (κ3) is 3.19. The molecule has 0 aliphatic carbocycles. The third-order valence-corrected chi connectivity index (χ3v) is 4.04. The zero-order chi connectivity index (χ0) is 15.5. The molecule has 0 N–H and O–H groups in total. The number of hydrogen-bond donors (Lipinski definition) is 0. The van der Waals surface area contributed by atoms with Crippen LogP contribution in [0.5, 0.6) is 0 Å². The van der Waals surface area contributed by atoms with Crippen molar-refractivity contribution in [2.45, 2.75) is 13.5 Å². The first kappa shape index (κ1) is 14.8. The van der Waals surface area contributed by atoms with Crippen molar-refractivity contribution >= 4 is 11.6 Å². The number of hydrogen-bond acceptors (Lipinski definition) is 7. The highest BCUT2D eigenvalue weighted by Crippen LogP contribution is 2.17. The molecule has 7 heteroatoms. The zero-order valence-corrected chi connectivity index (χ0v) is 13.4. The quantitative estimate of drug-likeness (QED) is 0.840. The van der Waals surface area contributed by atoms with Crippen LogP contribution >= 0.6 is 0 Å². The van der Waals surface area contributed by atoms with Crippen LogP contribution in [0.3, 0.4) is 0 Å². The second kappa shape index (κ2) is 6.31. The van der Waals surface area contributed by atoms with Crippen LogP contribution in [0.15, 0.2) is 22.9 Å². The highest BCUT2D eigenvalue weighted by Gasteiger charge is 2.19. The summed E-state index contributed by atoms with van der Waals surface area (Å²) in [6.45, 7) is 6.78. The van der Waals surface area contributed by atoms with E-state index in [2.05, 4.69) is 25.2 Å². The Kier molecular flexibility index (Phi) is 4.24. The minimum Gasteiger partial charge on any atom is -0.361 e. The minimum atomic E-state index is 0.880. The summed E-state index contributed by atoms with van der Waals surface area (Å²) in [4.78, 5) is 6.65. The smallest absolute Gasteiger partial charge is 0.151 e. The molecule has 0 atom stereocenters. The molecular weight excluding hydrogens is 280 g/mol. The molecule has 0 amide bonds. The van der Waals surface area contributed by atoms with E-state index in [1.165, 1.54) is 5.56 Å². The summed E-state index contributed by atoms with van der Waals surface area (Å²) in [7, 11) is 3.93. The molecule has 7 nitrogen and oxygen atoms in total. The summed E-state index contributed by atoms with van der Waals surface area (Å²) >= 11 is 0. The number of aryl methyl sites for hydroxylation is 1. The highest BCUT2D eigenvalue weighted by atomic mass is 16.5. The van der Waals surface area contributed by atoms with Gasteiger partial charge in [-0.25, -0.2) is 0 Å². The van der Waals surface area contributed by atoms with E-state index in [0.29, 0.717) is 0 Å². The Labute approximate surface area is 130 Å². The fourth-order valence-corrected chi connectivity index (χ4v) is 2.57. The molecule has 0 radical (unpaired) electrons. The maximum atomic E-state index is 5.12. The number of nitrogens with zero attached hydrogens (tertiary/aromatic N) is 6. The van der Waals surface area contributed by atoms with Gasteiger partial charge in [0.1, 0.15) is 5.76 Å². The van der Waals surface area contributed by atoms with Crippen LogP contribution in [-0.2, 0) is 6.54 Å². The van der Waals surface area contributed by atoms with Gasteiger partial charge in [0.2, 0.25) is 0 Å². The van der Waals surface area contributed by atoms with Crippen LogP contribution in [0.1, 0.15) is 11.3 Å². The molecule has 2 aromatic rings. The topological polar surface area (TPSA) is 61.5 Å². The summed E-state index contributed by atoms with van der Waals surface area (Å²) in [5, 5.41) is 12.4. The molecule has 0 spiro atoms. The first-order valence-electron chi connectivity index (χ1n) is 7.52. The van der Waals surface area contributed by atoms with Gasteiger partial charge in [-0.15, -0.1) is 10.2 Å². The second-order valence-electron chi connectivity index (χ2n) is 5.81. The molecule has 1 saturated heterocycles. The van der Waals surface area contributed by atoms with Crippen molar-refractivity contribution in [2.24, 2.45) is 0 Å². The van der Waals surface area contributed by atoms with E-state index in [9.17, 15) is 0 Å². The second-order valence-corrected chi connectivity index (χ2v) is 5.81. The Balaban J connectivity index is 1.56. The summed E-state index contributed by atoms with van der Waals surface area (Å²) in [5.41, 5.74) is 1.17. The standard InChI is InChI=1S/C15H22N6O/c1-12-13(10-16-22-12)11-20-6-8-21(9-7-20)15-5-4-14(17-18-15)19(2)3/h4-5,10H,6-9,11H2,1-3H3. The Bertz CT molecular complexity index is 601. The largest absolute Gasteiger partial charge is 0.361 e. The van der Waals surface area contributed by atoms with Crippen molar-refractivity contribution in [3.8, 4) is 0 Å². The van der Waals surface area contributed by atoms with E-state index in [-0.39, 0.29) is 0 Å². The van der Waals surface area contributed by atoms with E-state index in [1.807, 2.05) is 44.2 Å². The van der Waals surface area contributed by atoms with Gasteiger partial charge in [-0.2, -0.15) is 0 Å². The van der Waals surface area contributed by atoms with Gasteiger partial charge < -0.3 is 14.3 Å². The van der Waals surface area contributed by atoms with Gasteiger partial charge in [0.05, 0.1) is 6.20 Å². The first-order valence-corrected chi connectivity index (χ1v) is 7.52. The van der Waals surface area contributed by atoms with E-state index in [0.717, 1.165) is 50.1 Å². The molecule has 118 valence electrons. The van der Waals surface area contributed by atoms with Gasteiger partial charge in [-0.05, 0) is 19.1 Å². The van der Waals surface area contributed by atoms with Gasteiger partial charge in [0, 0.05) is 52.4 Å². The zero-order valence-electron chi connectivity index (χ0n) is 13.4. The molecule has 0 aromatic carbocycles. The Hall–Kier alpha value is -2.15. The molecule has 1 fully saturated rings. The molecule has 22 heavy (non-hydrogen) atoms. The highest BCUT2D eigenvalue weighted by molar-refractivity contribution is 5.44. The van der Waals surface area contributed by atoms with Gasteiger partial charge in [-0.3, -0.25) is 4.90 Å². The monoisotopic (exact) mass is 302 g/mol. The predicted octanol–water partition coefficient (Wildman–Crippen LogP) is 1.16. The number of anilines is 2. The van der Waals surface area contributed by atoms with E-state index >= 15 is 0 Å². The molecule has 0 bridgehead atoms. The average molecular weight is 302 g/mol. The van der Waals surface area contributed by atoms with Crippen LogP contribution in [0.2, 0.25) is 0 Å². The molecule has 3 rings (SSSR count). The lowest BCUT2D eigenvalue weighted by atomic mass is 10.2. The van der Waals surface area contributed by atoms with Crippen LogP contribution in [0, 0.1) is 6.92 Å². The van der Waals surface area contributed by atoms with Gasteiger partial charge in [0.25, 0.3) is 0 Å². The fraction of sp³-hybridized carbons (Fsp3) is 0.533. The summed E-state index contributed by atoms with van der Waals surface area (Å²) < 4.78 is 5.12. The molecular formula is C15H22N6O. The number of aromatic nitrogens is 3.